The Hall–Kier alpha value is -2.38. The number of hydrogen-bond acceptors (Lipinski definition) is 5. The molecule has 3 aromatic heterocycles. The van der Waals surface area contributed by atoms with Gasteiger partial charge in [0.15, 0.2) is 0 Å². The molecule has 0 radical (unpaired) electrons. The van der Waals surface area contributed by atoms with E-state index in [-0.39, 0.29) is 18.4 Å². The van der Waals surface area contributed by atoms with Crippen molar-refractivity contribution in [2.75, 3.05) is 6.54 Å². The summed E-state index contributed by atoms with van der Waals surface area (Å²) in [5.74, 6) is 1.06. The zero-order valence-corrected chi connectivity index (χ0v) is 16.4. The Morgan fingerprint density at radius 1 is 0.962 bits per heavy atom. The summed E-state index contributed by atoms with van der Waals surface area (Å²) in [4.78, 5) is 26.3. The zero-order chi connectivity index (χ0) is 18.7. The van der Waals surface area contributed by atoms with Crippen molar-refractivity contribution in [3.05, 3.63) is 67.4 Å². The van der Waals surface area contributed by atoms with E-state index in [0.29, 0.717) is 15.5 Å². The van der Waals surface area contributed by atoms with Crippen molar-refractivity contribution >= 4 is 34.5 Å². The molecule has 5 nitrogen and oxygen atoms in total. The lowest BCUT2D eigenvalue weighted by Crippen LogP contribution is -2.37. The summed E-state index contributed by atoms with van der Waals surface area (Å²) in [5, 5.41) is 9.65. The minimum Gasteiger partial charge on any atom is -0.464 e. The van der Waals surface area contributed by atoms with Crippen LogP contribution in [0.3, 0.4) is 0 Å². The highest BCUT2D eigenvalue weighted by molar-refractivity contribution is 7.12. The third-order valence-electron chi connectivity index (χ3n) is 4.01. The lowest BCUT2D eigenvalue weighted by Gasteiger charge is -2.17. The Morgan fingerprint density at radius 3 is 2.08 bits per heavy atom. The highest BCUT2D eigenvalue weighted by Crippen LogP contribution is 2.21. The van der Waals surface area contributed by atoms with E-state index in [0.717, 1.165) is 16.9 Å². The molecule has 0 fully saturated rings. The first-order valence-electron chi connectivity index (χ1n) is 8.19. The SMILES string of the molecule is Cc1ccc([C@H](CNC(=O)c2sccc2C)NC(=O)c2sccc2C)o1. The maximum absolute atomic E-state index is 12.6. The average Bonchev–Trinajstić information content (AvgIpc) is 3.32. The average molecular weight is 389 g/mol. The molecule has 2 amide bonds. The highest BCUT2D eigenvalue weighted by Gasteiger charge is 2.22. The van der Waals surface area contributed by atoms with E-state index in [1.165, 1.54) is 22.7 Å². The Labute approximate surface area is 160 Å². The van der Waals surface area contributed by atoms with Crippen LogP contribution in [0.5, 0.6) is 0 Å². The number of rotatable bonds is 6. The van der Waals surface area contributed by atoms with Crippen molar-refractivity contribution in [3.8, 4) is 0 Å². The summed E-state index contributed by atoms with van der Waals surface area (Å²) in [7, 11) is 0. The van der Waals surface area contributed by atoms with E-state index in [2.05, 4.69) is 10.6 Å². The molecule has 7 heteroatoms. The molecule has 0 saturated carbocycles. The summed E-state index contributed by atoms with van der Waals surface area (Å²) in [6.07, 6.45) is 0. The molecule has 3 rings (SSSR count). The van der Waals surface area contributed by atoms with E-state index >= 15 is 0 Å². The Kier molecular flexibility index (Phi) is 5.58. The van der Waals surface area contributed by atoms with Crippen molar-refractivity contribution in [1.82, 2.24) is 10.6 Å². The summed E-state index contributed by atoms with van der Waals surface area (Å²) in [6, 6.07) is 7.04. The van der Waals surface area contributed by atoms with E-state index in [1.54, 1.807) is 0 Å². The number of carbonyl (C=O) groups is 2. The summed E-state index contributed by atoms with van der Waals surface area (Å²) in [6.45, 7) is 5.90. The molecule has 2 N–H and O–H groups in total. The predicted molar refractivity (Wildman–Crippen MR) is 104 cm³/mol. The molecule has 3 heterocycles. The van der Waals surface area contributed by atoms with Gasteiger partial charge in [0.05, 0.1) is 9.75 Å². The summed E-state index contributed by atoms with van der Waals surface area (Å²) in [5.41, 5.74) is 1.87. The van der Waals surface area contributed by atoms with Gasteiger partial charge in [-0.15, -0.1) is 22.7 Å². The monoisotopic (exact) mass is 388 g/mol. The van der Waals surface area contributed by atoms with Gasteiger partial charge < -0.3 is 15.1 Å². The molecule has 0 bridgehead atoms. The van der Waals surface area contributed by atoms with Crippen LogP contribution in [0.15, 0.2) is 39.4 Å². The number of aryl methyl sites for hydroxylation is 3. The van der Waals surface area contributed by atoms with E-state index in [9.17, 15) is 9.59 Å². The molecule has 3 aromatic rings. The van der Waals surface area contributed by atoms with Gasteiger partial charge in [-0.05, 0) is 66.9 Å². The second-order valence-electron chi connectivity index (χ2n) is 6.05. The fraction of sp³-hybridized carbons (Fsp3) is 0.263. The topological polar surface area (TPSA) is 71.3 Å². The number of thiophene rings is 2. The first-order valence-corrected chi connectivity index (χ1v) is 9.95. The van der Waals surface area contributed by atoms with Gasteiger partial charge in [0.25, 0.3) is 11.8 Å². The van der Waals surface area contributed by atoms with Gasteiger partial charge in [0.2, 0.25) is 0 Å². The van der Waals surface area contributed by atoms with Crippen molar-refractivity contribution in [2.24, 2.45) is 0 Å². The van der Waals surface area contributed by atoms with E-state index in [4.69, 9.17) is 4.42 Å². The van der Waals surface area contributed by atoms with Gasteiger partial charge in [-0.25, -0.2) is 0 Å². The van der Waals surface area contributed by atoms with Crippen LogP contribution in [0, 0.1) is 20.8 Å². The molecule has 0 spiro atoms. The predicted octanol–water partition coefficient (Wildman–Crippen LogP) is 4.23. The minimum absolute atomic E-state index is 0.146. The van der Waals surface area contributed by atoms with Gasteiger partial charge >= 0.3 is 0 Å². The second-order valence-corrected chi connectivity index (χ2v) is 7.88. The van der Waals surface area contributed by atoms with Gasteiger partial charge in [0.1, 0.15) is 17.6 Å². The second kappa shape index (κ2) is 7.88. The Balaban J connectivity index is 1.74. The first kappa shape index (κ1) is 18.4. The molecule has 26 heavy (non-hydrogen) atoms. The number of amides is 2. The molecule has 0 aliphatic carbocycles. The molecule has 136 valence electrons. The van der Waals surface area contributed by atoms with E-state index < -0.39 is 6.04 Å². The molecule has 0 saturated heterocycles. The Bertz CT molecular complexity index is 923. The highest BCUT2D eigenvalue weighted by atomic mass is 32.1. The fourth-order valence-corrected chi connectivity index (χ4v) is 4.24. The van der Waals surface area contributed by atoms with Crippen LogP contribution in [-0.2, 0) is 0 Å². The quantitative estimate of drug-likeness (QED) is 0.664. The van der Waals surface area contributed by atoms with Crippen molar-refractivity contribution in [3.63, 3.8) is 0 Å². The summed E-state index contributed by atoms with van der Waals surface area (Å²) < 4.78 is 5.68. The maximum Gasteiger partial charge on any atom is 0.262 e. The fourth-order valence-electron chi connectivity index (χ4n) is 2.57. The van der Waals surface area contributed by atoms with E-state index in [1.807, 2.05) is 55.8 Å². The van der Waals surface area contributed by atoms with Crippen LogP contribution < -0.4 is 10.6 Å². The molecule has 0 aliphatic rings. The largest absolute Gasteiger partial charge is 0.464 e. The van der Waals surface area contributed by atoms with Crippen molar-refractivity contribution < 1.29 is 14.0 Å². The number of furan rings is 1. The van der Waals surface area contributed by atoms with Crippen LogP contribution in [0.1, 0.15) is 48.0 Å². The van der Waals surface area contributed by atoms with Crippen LogP contribution in [-0.4, -0.2) is 18.4 Å². The molecular formula is C19H20N2O3S2. The lowest BCUT2D eigenvalue weighted by atomic mass is 10.2. The van der Waals surface area contributed by atoms with Crippen LogP contribution in [0.4, 0.5) is 0 Å². The van der Waals surface area contributed by atoms with Gasteiger partial charge in [-0.1, -0.05) is 0 Å². The zero-order valence-electron chi connectivity index (χ0n) is 14.8. The third-order valence-corrected chi connectivity index (χ3v) is 6.04. The number of carbonyl (C=O) groups excluding carboxylic acids is 2. The van der Waals surface area contributed by atoms with Crippen LogP contribution in [0.2, 0.25) is 0 Å². The number of nitrogens with one attached hydrogen (secondary N) is 2. The molecule has 1 atom stereocenters. The lowest BCUT2D eigenvalue weighted by molar-refractivity contribution is 0.0906. The van der Waals surface area contributed by atoms with Crippen LogP contribution >= 0.6 is 22.7 Å². The van der Waals surface area contributed by atoms with Gasteiger partial charge in [0, 0.05) is 6.54 Å². The first-order chi connectivity index (χ1) is 12.5. The van der Waals surface area contributed by atoms with Crippen molar-refractivity contribution in [1.29, 1.82) is 0 Å². The molecular weight excluding hydrogens is 368 g/mol. The summed E-state index contributed by atoms with van der Waals surface area (Å²) >= 11 is 2.80. The minimum atomic E-state index is -0.443. The van der Waals surface area contributed by atoms with Crippen LogP contribution in [0.25, 0.3) is 0 Å². The van der Waals surface area contributed by atoms with Gasteiger partial charge in [-0.2, -0.15) is 0 Å². The smallest absolute Gasteiger partial charge is 0.262 e. The third kappa shape index (κ3) is 4.05. The maximum atomic E-state index is 12.6. The molecule has 0 aromatic carbocycles. The molecule has 0 unspecified atom stereocenters. The Morgan fingerprint density at radius 2 is 1.58 bits per heavy atom. The number of hydrogen-bond donors (Lipinski definition) is 2. The van der Waals surface area contributed by atoms with Gasteiger partial charge in [-0.3, -0.25) is 9.59 Å². The normalized spacial score (nSPS) is 12.0. The standard InChI is InChI=1S/C19H20N2O3S2/c1-11-6-8-25-16(11)18(22)20-10-14(15-5-4-13(3)24-15)21-19(23)17-12(2)7-9-26-17/h4-9,14H,10H2,1-3H3,(H,20,22)(H,21,23)/t14-/m0/s1. The molecule has 0 aliphatic heterocycles. The van der Waals surface area contributed by atoms with Crippen molar-refractivity contribution in [2.45, 2.75) is 26.8 Å².